The van der Waals surface area contributed by atoms with E-state index in [2.05, 4.69) is 0 Å². The van der Waals surface area contributed by atoms with Crippen LogP contribution < -0.4 is 10.6 Å². The zero-order valence-corrected chi connectivity index (χ0v) is 12.2. The third-order valence-corrected chi connectivity index (χ3v) is 3.62. The number of halogens is 3. The summed E-state index contributed by atoms with van der Waals surface area (Å²) in [6.07, 6.45) is -5.17. The Morgan fingerprint density at radius 2 is 1.91 bits per heavy atom. The first-order valence-electron chi connectivity index (χ1n) is 6.53. The summed E-state index contributed by atoms with van der Waals surface area (Å²) >= 11 is 0. The fourth-order valence-electron chi connectivity index (χ4n) is 2.41. The number of rotatable bonds is 2. The predicted molar refractivity (Wildman–Crippen MR) is 73.9 cm³/mol. The van der Waals surface area contributed by atoms with E-state index in [1.165, 1.54) is 25.1 Å². The Morgan fingerprint density at radius 1 is 1.30 bits per heavy atom. The van der Waals surface area contributed by atoms with Gasteiger partial charge in [0, 0.05) is 11.3 Å². The van der Waals surface area contributed by atoms with E-state index < -0.39 is 29.1 Å². The third kappa shape index (κ3) is 2.44. The molecule has 0 aliphatic carbocycles. The van der Waals surface area contributed by atoms with E-state index in [0.29, 0.717) is 5.56 Å². The lowest BCUT2D eigenvalue weighted by Crippen LogP contribution is -2.64. The highest BCUT2D eigenvalue weighted by molar-refractivity contribution is 6.05. The lowest BCUT2D eigenvalue weighted by atomic mass is 9.89. The maximum atomic E-state index is 13.6. The van der Waals surface area contributed by atoms with Gasteiger partial charge in [-0.1, -0.05) is 18.2 Å². The van der Waals surface area contributed by atoms with Crippen LogP contribution in [0.15, 0.2) is 35.5 Å². The second-order valence-electron chi connectivity index (χ2n) is 5.08. The monoisotopic (exact) mass is 323 g/mol. The normalized spacial score (nSPS) is 21.0. The molecule has 1 aliphatic rings. The average molecular weight is 323 g/mol. The number of carbonyl (C=O) groups is 2. The molecular formula is C15H12F3N3O2. The van der Waals surface area contributed by atoms with Crippen LogP contribution in [0, 0.1) is 18.3 Å². The molecule has 0 aromatic heterocycles. The van der Waals surface area contributed by atoms with Crippen LogP contribution in [0.25, 0.3) is 0 Å². The second-order valence-corrected chi connectivity index (χ2v) is 5.08. The molecule has 2 rings (SSSR count). The fourth-order valence-corrected chi connectivity index (χ4v) is 2.41. The highest BCUT2D eigenvalue weighted by Crippen LogP contribution is 2.40. The van der Waals surface area contributed by atoms with Crippen molar-refractivity contribution >= 4 is 11.8 Å². The molecule has 23 heavy (non-hydrogen) atoms. The Labute approximate surface area is 129 Å². The number of nitrogens with zero attached hydrogens (tertiary/aromatic N) is 1. The van der Waals surface area contributed by atoms with Gasteiger partial charge in [-0.3, -0.25) is 9.59 Å². The predicted octanol–water partition coefficient (Wildman–Crippen LogP) is 1.95. The minimum absolute atomic E-state index is 0.00855. The molecule has 0 unspecified atom stereocenters. The fraction of sp³-hybridized carbons (Fsp3) is 0.267. The van der Waals surface area contributed by atoms with Crippen LogP contribution in [0.2, 0.25) is 0 Å². The zero-order chi connectivity index (χ0) is 17.4. The summed E-state index contributed by atoms with van der Waals surface area (Å²) in [5.41, 5.74) is -4.05. The number of allylic oxidation sites excluding steroid dienone is 1. The number of nitriles is 1. The largest absolute Gasteiger partial charge is 0.425 e. The van der Waals surface area contributed by atoms with Crippen molar-refractivity contribution in [2.24, 2.45) is 0 Å². The number of carbonyl (C=O) groups excluding carboxylic acids is 2. The molecule has 120 valence electrons. The van der Waals surface area contributed by atoms with Crippen LogP contribution in [0.4, 0.5) is 13.2 Å². The molecule has 0 radical (unpaired) electrons. The molecule has 1 aromatic carbocycles. The number of benzene rings is 1. The van der Waals surface area contributed by atoms with E-state index in [9.17, 15) is 22.8 Å². The molecule has 0 saturated carbocycles. The summed E-state index contributed by atoms with van der Waals surface area (Å²) in [5, 5.41) is 12.7. The Morgan fingerprint density at radius 3 is 2.43 bits per heavy atom. The summed E-state index contributed by atoms with van der Waals surface area (Å²) in [6, 6.07) is 7.38. The third-order valence-electron chi connectivity index (χ3n) is 3.62. The number of aryl methyl sites for hydroxylation is 1. The highest BCUT2D eigenvalue weighted by Gasteiger charge is 2.67. The van der Waals surface area contributed by atoms with Gasteiger partial charge >= 0.3 is 6.18 Å². The van der Waals surface area contributed by atoms with Gasteiger partial charge in [0.1, 0.15) is 0 Å². The molecule has 0 bridgehead atoms. The Hall–Kier alpha value is -2.82. The topological polar surface area (TPSA) is 82.0 Å². The molecule has 1 atom stereocenters. The first-order valence-corrected chi connectivity index (χ1v) is 6.53. The summed E-state index contributed by atoms with van der Waals surface area (Å²) in [6.45, 7) is 2.72. The van der Waals surface area contributed by atoms with Gasteiger partial charge in [-0.2, -0.15) is 18.4 Å². The van der Waals surface area contributed by atoms with Crippen molar-refractivity contribution in [1.29, 1.82) is 5.26 Å². The molecule has 0 saturated heterocycles. The molecule has 1 heterocycles. The lowest BCUT2D eigenvalue weighted by Gasteiger charge is -2.30. The van der Waals surface area contributed by atoms with E-state index in [0.717, 1.165) is 0 Å². The van der Waals surface area contributed by atoms with Crippen molar-refractivity contribution in [2.45, 2.75) is 25.6 Å². The SMILES string of the molecule is CC1=C(C#N)[C@](NC(=O)c2ccccc2C)(C(F)(F)F)C(=O)N1. The van der Waals surface area contributed by atoms with Crippen LogP contribution >= 0.6 is 0 Å². The molecule has 2 N–H and O–H groups in total. The van der Waals surface area contributed by atoms with Crippen LogP contribution in [-0.2, 0) is 4.79 Å². The number of nitrogens with one attached hydrogen (secondary N) is 2. The van der Waals surface area contributed by atoms with E-state index in [-0.39, 0.29) is 11.3 Å². The van der Waals surface area contributed by atoms with E-state index in [1.807, 2.05) is 5.32 Å². The van der Waals surface area contributed by atoms with Gasteiger partial charge in [-0.05, 0) is 25.5 Å². The van der Waals surface area contributed by atoms with Gasteiger partial charge in [0.15, 0.2) is 0 Å². The van der Waals surface area contributed by atoms with Crippen LogP contribution in [0.1, 0.15) is 22.8 Å². The Kier molecular flexibility index (Phi) is 3.90. The molecule has 2 amide bonds. The maximum absolute atomic E-state index is 13.6. The van der Waals surface area contributed by atoms with Gasteiger partial charge in [0.05, 0.1) is 11.6 Å². The molecular weight excluding hydrogens is 311 g/mol. The van der Waals surface area contributed by atoms with Gasteiger partial charge in [0.2, 0.25) is 0 Å². The molecule has 0 spiro atoms. The number of hydrogen-bond donors (Lipinski definition) is 2. The van der Waals surface area contributed by atoms with Gasteiger partial charge in [-0.15, -0.1) is 0 Å². The van der Waals surface area contributed by atoms with E-state index >= 15 is 0 Å². The van der Waals surface area contributed by atoms with Crippen molar-refractivity contribution in [3.05, 3.63) is 46.7 Å². The minimum Gasteiger partial charge on any atom is -0.326 e. The second kappa shape index (κ2) is 5.43. The van der Waals surface area contributed by atoms with E-state index in [4.69, 9.17) is 5.26 Å². The zero-order valence-electron chi connectivity index (χ0n) is 12.2. The summed E-state index contributed by atoms with van der Waals surface area (Å²) < 4.78 is 40.8. The summed E-state index contributed by atoms with van der Waals surface area (Å²) in [7, 11) is 0. The standard InChI is InChI=1S/C15H12F3N3O2/c1-8-5-3-4-6-10(8)12(22)21-14(15(16,17)18)11(7-19)9(2)20-13(14)23/h3-6H,1-2H3,(H,20,23)(H,21,22)/t14-/m1/s1. The molecule has 8 heteroatoms. The maximum Gasteiger partial charge on any atom is 0.425 e. The smallest absolute Gasteiger partial charge is 0.326 e. The van der Waals surface area contributed by atoms with E-state index in [1.54, 1.807) is 24.4 Å². The van der Waals surface area contributed by atoms with Crippen molar-refractivity contribution in [3.63, 3.8) is 0 Å². The summed E-state index contributed by atoms with van der Waals surface area (Å²) in [4.78, 5) is 24.2. The first-order chi connectivity index (χ1) is 10.6. The van der Waals surface area contributed by atoms with Crippen LogP contribution in [0.3, 0.4) is 0 Å². The number of alkyl halides is 3. The molecule has 1 aliphatic heterocycles. The quantitative estimate of drug-likeness (QED) is 0.873. The molecule has 0 fully saturated rings. The summed E-state index contributed by atoms with van der Waals surface area (Å²) in [5.74, 6) is -2.58. The van der Waals surface area contributed by atoms with Crippen molar-refractivity contribution in [1.82, 2.24) is 10.6 Å². The molecule has 5 nitrogen and oxygen atoms in total. The molecule has 1 aromatic rings. The van der Waals surface area contributed by atoms with Crippen LogP contribution in [-0.4, -0.2) is 23.5 Å². The van der Waals surface area contributed by atoms with Gasteiger partial charge < -0.3 is 10.6 Å². The minimum atomic E-state index is -5.17. The highest BCUT2D eigenvalue weighted by atomic mass is 19.4. The van der Waals surface area contributed by atoms with Crippen molar-refractivity contribution in [2.75, 3.05) is 0 Å². The number of amides is 2. The number of hydrogen-bond acceptors (Lipinski definition) is 3. The Bertz CT molecular complexity index is 762. The van der Waals surface area contributed by atoms with Crippen molar-refractivity contribution in [3.8, 4) is 6.07 Å². The lowest BCUT2D eigenvalue weighted by molar-refractivity contribution is -0.184. The Balaban J connectivity index is 2.55. The first kappa shape index (κ1) is 16.5. The van der Waals surface area contributed by atoms with Gasteiger partial charge in [-0.25, -0.2) is 0 Å². The van der Waals surface area contributed by atoms with Crippen LogP contribution in [0.5, 0.6) is 0 Å². The average Bonchev–Trinajstić information content (AvgIpc) is 2.69. The van der Waals surface area contributed by atoms with Gasteiger partial charge in [0.25, 0.3) is 17.4 Å². The van der Waals surface area contributed by atoms with Crippen molar-refractivity contribution < 1.29 is 22.8 Å².